The Kier molecular flexibility index (Phi) is 6.53. The predicted molar refractivity (Wildman–Crippen MR) is 87.5 cm³/mol. The summed E-state index contributed by atoms with van der Waals surface area (Å²) in [5.74, 6) is -0.459. The molecule has 0 aliphatic carbocycles. The Morgan fingerprint density at radius 1 is 1.27 bits per heavy atom. The summed E-state index contributed by atoms with van der Waals surface area (Å²) in [4.78, 5) is 26.1. The Labute approximate surface area is 134 Å². The van der Waals surface area contributed by atoms with Gasteiger partial charge in [0.15, 0.2) is 0 Å². The first-order valence-corrected chi connectivity index (χ1v) is 6.72. The van der Waals surface area contributed by atoms with E-state index in [9.17, 15) is 4.79 Å². The van der Waals surface area contributed by atoms with Crippen molar-refractivity contribution >= 4 is 30.0 Å². The fraction of sp³-hybridized carbons (Fsp3) is 0.188. The third-order valence-corrected chi connectivity index (χ3v) is 3.24. The second kappa shape index (κ2) is 8.14. The van der Waals surface area contributed by atoms with Crippen LogP contribution in [-0.4, -0.2) is 38.9 Å². The van der Waals surface area contributed by atoms with E-state index in [0.29, 0.717) is 10.6 Å². The Morgan fingerprint density at radius 3 is 2.55 bits per heavy atom. The second-order valence-electron chi connectivity index (χ2n) is 4.45. The topological polar surface area (TPSA) is 59.5 Å². The van der Waals surface area contributed by atoms with Gasteiger partial charge in [-0.3, -0.25) is 4.98 Å². The largest absolute Gasteiger partial charge is 0.465 e. The van der Waals surface area contributed by atoms with Gasteiger partial charge in [-0.15, -0.1) is 0 Å². The molecule has 0 spiro atoms. The lowest BCUT2D eigenvalue weighted by molar-refractivity contribution is -0.0980. The molecule has 6 heteroatoms. The molecule has 1 aromatic heterocycles. The Bertz CT molecular complexity index is 660. The maximum Gasteiger partial charge on any atom is 0.339 e. The molecule has 1 heterocycles. The number of carbonyl (C=O) groups excluding carboxylic acids is 2. The van der Waals surface area contributed by atoms with Crippen molar-refractivity contribution in [1.29, 1.82) is 0 Å². The summed E-state index contributed by atoms with van der Waals surface area (Å²) < 4.78 is 4.73. The van der Waals surface area contributed by atoms with Crippen molar-refractivity contribution in [3.8, 4) is 11.3 Å². The highest BCUT2D eigenvalue weighted by atomic mass is 35.5. The molecule has 0 fully saturated rings. The summed E-state index contributed by atoms with van der Waals surface area (Å²) in [6.07, 6.45) is 1.72. The van der Waals surface area contributed by atoms with Crippen molar-refractivity contribution in [3.63, 3.8) is 0 Å². The molecule has 0 saturated carbocycles. The minimum absolute atomic E-state index is 0.335. The minimum atomic E-state index is -0.459. The highest BCUT2D eigenvalue weighted by Gasteiger charge is 2.14. The maximum absolute atomic E-state index is 11.7. The van der Waals surface area contributed by atoms with Crippen LogP contribution >= 0.6 is 11.6 Å². The smallest absolute Gasteiger partial charge is 0.339 e. The summed E-state index contributed by atoms with van der Waals surface area (Å²) in [6.45, 7) is 2.00. The highest BCUT2D eigenvalue weighted by Crippen LogP contribution is 2.30. The summed E-state index contributed by atoms with van der Waals surface area (Å²) in [7, 11) is 5.21. The van der Waals surface area contributed by atoms with Crippen LogP contribution in [0.1, 0.15) is 10.4 Å². The number of hydrogen-bond donors (Lipinski definition) is 0. The monoisotopic (exact) mass is 320 g/mol. The van der Waals surface area contributed by atoms with Gasteiger partial charge in [0.1, 0.15) is 6.79 Å². The highest BCUT2D eigenvalue weighted by molar-refractivity contribution is 6.33. The van der Waals surface area contributed by atoms with E-state index < -0.39 is 5.97 Å². The summed E-state index contributed by atoms with van der Waals surface area (Å²) in [5, 5.41) is 0.364. The maximum atomic E-state index is 11.7. The van der Waals surface area contributed by atoms with Crippen LogP contribution in [0.15, 0.2) is 36.5 Å². The van der Waals surface area contributed by atoms with E-state index in [0.717, 1.165) is 16.9 Å². The van der Waals surface area contributed by atoms with Gasteiger partial charge in [-0.2, -0.15) is 0 Å². The lowest BCUT2D eigenvalue weighted by Crippen LogP contribution is -2.11. The van der Waals surface area contributed by atoms with E-state index in [1.165, 1.54) is 7.11 Å². The molecule has 0 aliphatic heterocycles. The molecule has 0 unspecified atom stereocenters. The molecular weight excluding hydrogens is 304 g/mol. The van der Waals surface area contributed by atoms with Gasteiger partial charge in [-0.1, -0.05) is 17.7 Å². The number of carbonyl (C=O) groups is 2. The van der Waals surface area contributed by atoms with Gasteiger partial charge in [0.05, 0.1) is 29.1 Å². The number of aromatic nitrogens is 1. The van der Waals surface area contributed by atoms with Crippen molar-refractivity contribution in [2.75, 3.05) is 26.1 Å². The van der Waals surface area contributed by atoms with Gasteiger partial charge < -0.3 is 14.4 Å². The number of esters is 1. The van der Waals surface area contributed by atoms with Gasteiger partial charge in [-0.05, 0) is 24.3 Å². The molecule has 116 valence electrons. The molecule has 1 aromatic carbocycles. The van der Waals surface area contributed by atoms with Gasteiger partial charge in [0.2, 0.25) is 0 Å². The molecule has 5 nitrogen and oxygen atoms in total. The van der Waals surface area contributed by atoms with Crippen molar-refractivity contribution in [1.82, 2.24) is 4.98 Å². The summed E-state index contributed by atoms with van der Waals surface area (Å²) >= 11 is 6.03. The van der Waals surface area contributed by atoms with Crippen LogP contribution in [0.5, 0.6) is 0 Å². The number of anilines is 1. The third-order valence-electron chi connectivity index (χ3n) is 2.91. The van der Waals surface area contributed by atoms with Crippen LogP contribution in [0.2, 0.25) is 5.02 Å². The number of nitrogens with zero attached hydrogens (tertiary/aromatic N) is 2. The van der Waals surface area contributed by atoms with E-state index >= 15 is 0 Å². The Balaban J connectivity index is 0.00000116. The summed E-state index contributed by atoms with van der Waals surface area (Å²) in [5.41, 5.74) is 2.91. The summed E-state index contributed by atoms with van der Waals surface area (Å²) in [6, 6.07) is 9.05. The molecule has 0 atom stereocenters. The zero-order valence-electron chi connectivity index (χ0n) is 12.7. The Hall–Kier alpha value is -2.40. The number of halogens is 1. The molecule has 0 amide bonds. The molecular formula is C16H17ClN2O3. The number of methoxy groups -OCH3 is 1. The standard InChI is InChI=1S/C15H15ClN2O2.CH2O/c1-18(2)13-5-4-8-17-14(13)10-6-7-12(16)11(9-10)15(19)20-3;1-2/h4-9H,1-3H3;1H2. The van der Waals surface area contributed by atoms with Crippen LogP contribution in [-0.2, 0) is 9.53 Å². The predicted octanol–water partition coefficient (Wildman–Crippen LogP) is 3.07. The molecule has 2 rings (SSSR count). The van der Waals surface area contributed by atoms with E-state index in [1.807, 2.05) is 44.0 Å². The zero-order valence-corrected chi connectivity index (χ0v) is 13.4. The number of benzene rings is 1. The first-order valence-electron chi connectivity index (χ1n) is 6.34. The SMILES string of the molecule is C=O.COC(=O)c1cc(-c2ncccc2N(C)C)ccc1Cl. The normalized spacial score (nSPS) is 9.45. The number of rotatable bonds is 3. The van der Waals surface area contributed by atoms with E-state index in [-0.39, 0.29) is 0 Å². The average molecular weight is 321 g/mol. The molecule has 0 radical (unpaired) electrons. The first-order chi connectivity index (χ1) is 10.5. The van der Waals surface area contributed by atoms with Gasteiger partial charge >= 0.3 is 5.97 Å². The molecule has 2 aromatic rings. The van der Waals surface area contributed by atoms with E-state index in [1.54, 1.807) is 18.3 Å². The first kappa shape index (κ1) is 17.7. The van der Waals surface area contributed by atoms with Gasteiger partial charge in [-0.25, -0.2) is 4.79 Å². The minimum Gasteiger partial charge on any atom is -0.465 e. The van der Waals surface area contributed by atoms with Crippen molar-refractivity contribution < 1.29 is 14.3 Å². The van der Waals surface area contributed by atoms with Gasteiger partial charge in [0, 0.05) is 25.9 Å². The molecule has 22 heavy (non-hydrogen) atoms. The van der Waals surface area contributed by atoms with Crippen LogP contribution < -0.4 is 4.90 Å². The number of hydrogen-bond acceptors (Lipinski definition) is 5. The third kappa shape index (κ3) is 3.83. The van der Waals surface area contributed by atoms with Crippen LogP contribution in [0.4, 0.5) is 5.69 Å². The molecule has 0 bridgehead atoms. The zero-order chi connectivity index (χ0) is 16.7. The van der Waals surface area contributed by atoms with Crippen molar-refractivity contribution in [3.05, 3.63) is 47.1 Å². The van der Waals surface area contributed by atoms with Crippen LogP contribution in [0, 0.1) is 0 Å². The lowest BCUT2D eigenvalue weighted by atomic mass is 10.1. The van der Waals surface area contributed by atoms with Crippen LogP contribution in [0.25, 0.3) is 11.3 Å². The molecule has 0 aliphatic rings. The molecule has 0 saturated heterocycles. The van der Waals surface area contributed by atoms with Crippen molar-refractivity contribution in [2.45, 2.75) is 0 Å². The Morgan fingerprint density at radius 2 is 1.95 bits per heavy atom. The quantitative estimate of drug-likeness (QED) is 0.813. The average Bonchev–Trinajstić information content (AvgIpc) is 2.56. The fourth-order valence-electron chi connectivity index (χ4n) is 1.92. The lowest BCUT2D eigenvalue weighted by Gasteiger charge is -2.16. The molecule has 0 N–H and O–H groups in total. The van der Waals surface area contributed by atoms with Crippen LogP contribution in [0.3, 0.4) is 0 Å². The van der Waals surface area contributed by atoms with E-state index in [4.69, 9.17) is 21.1 Å². The second-order valence-corrected chi connectivity index (χ2v) is 4.86. The van der Waals surface area contributed by atoms with Gasteiger partial charge in [0.25, 0.3) is 0 Å². The van der Waals surface area contributed by atoms with Crippen molar-refractivity contribution in [2.24, 2.45) is 0 Å². The number of pyridine rings is 1. The fourth-order valence-corrected chi connectivity index (χ4v) is 2.11. The number of ether oxygens (including phenoxy) is 1. The van der Waals surface area contributed by atoms with E-state index in [2.05, 4.69) is 4.98 Å².